The number of hydrogen-bond donors (Lipinski definition) is 1. The van der Waals surface area contributed by atoms with Crippen molar-refractivity contribution in [1.29, 1.82) is 0 Å². The molecule has 298 valence electrons. The molecule has 1 aromatic heterocycles. The molecule has 1 aliphatic heterocycles. The van der Waals surface area contributed by atoms with Gasteiger partial charge in [-0.3, -0.25) is 0 Å². The van der Waals surface area contributed by atoms with E-state index in [1.54, 1.807) is 0 Å². The van der Waals surface area contributed by atoms with Gasteiger partial charge in [-0.15, -0.1) is 0 Å². The number of allylic oxidation sites excluding steroid dienone is 9. The molecule has 0 radical (unpaired) electrons. The van der Waals surface area contributed by atoms with E-state index in [4.69, 9.17) is 9.97 Å². The number of fused-ring (bicyclic) bond motifs is 3. The largest absolute Gasteiger partial charge is 0.355 e. The maximum atomic E-state index is 5.12. The minimum atomic E-state index is 0.185. The number of nitrogens with one attached hydrogen (secondary N) is 1. The van der Waals surface area contributed by atoms with Gasteiger partial charge in [0.2, 0.25) is 0 Å². The standard InChI is InChI=1S/C58H46N4/c1-5-16-41(17-6-1)50-34-30-46(38-55(50)59-48-24-11-4-12-25-48)40-28-32-49(33-29-40)62-56-27-14-13-26-51(56)52-37-45(31-35-57(52)62)44-22-15-23-47(36-44)58-60-53(42-18-7-2-8-19-42)39-54(61-58)43-20-9-3-10-21-43/h1-16,18-28,30-41,52,57,59H,17,29H2. The number of nitrogens with zero attached hydrogens (tertiary/aromatic N) is 3. The highest BCUT2D eigenvalue weighted by Gasteiger charge is 2.39. The Kier molecular flexibility index (Phi) is 9.95. The molecule has 4 unspecified atom stereocenters. The van der Waals surface area contributed by atoms with E-state index in [2.05, 4.69) is 223 Å². The maximum absolute atomic E-state index is 5.12. The van der Waals surface area contributed by atoms with Crippen molar-refractivity contribution in [2.24, 2.45) is 0 Å². The van der Waals surface area contributed by atoms with Crippen molar-refractivity contribution in [3.8, 4) is 33.9 Å². The Balaban J connectivity index is 0.868. The van der Waals surface area contributed by atoms with E-state index in [0.29, 0.717) is 11.8 Å². The van der Waals surface area contributed by atoms with Gasteiger partial charge in [-0.1, -0.05) is 182 Å². The molecule has 6 aromatic carbocycles. The van der Waals surface area contributed by atoms with E-state index >= 15 is 0 Å². The minimum absolute atomic E-state index is 0.185. The topological polar surface area (TPSA) is 41.1 Å². The lowest BCUT2D eigenvalue weighted by molar-refractivity contribution is 0.721. The molecule has 7 aromatic rings. The summed E-state index contributed by atoms with van der Waals surface area (Å²) in [5.41, 5.74) is 16.2. The summed E-state index contributed by atoms with van der Waals surface area (Å²) in [6.07, 6.45) is 25.2. The number of hydrogen-bond acceptors (Lipinski definition) is 4. The summed E-state index contributed by atoms with van der Waals surface area (Å²) in [7, 11) is 0. The number of benzene rings is 6. The molecule has 0 fully saturated rings. The molecule has 4 atom stereocenters. The average Bonchev–Trinajstić information content (AvgIpc) is 3.69. The third-order valence-electron chi connectivity index (χ3n) is 12.7. The van der Waals surface area contributed by atoms with E-state index in [-0.39, 0.29) is 12.0 Å². The normalized spacial score (nSPS) is 19.7. The number of anilines is 3. The predicted octanol–water partition coefficient (Wildman–Crippen LogP) is 14.4. The third kappa shape index (κ3) is 7.35. The van der Waals surface area contributed by atoms with Crippen LogP contribution in [-0.2, 0) is 0 Å². The van der Waals surface area contributed by atoms with Gasteiger partial charge in [-0.2, -0.15) is 0 Å². The lowest BCUT2D eigenvalue weighted by Crippen LogP contribution is -2.32. The van der Waals surface area contributed by atoms with Gasteiger partial charge < -0.3 is 10.2 Å². The van der Waals surface area contributed by atoms with Crippen molar-refractivity contribution in [3.63, 3.8) is 0 Å². The lowest BCUT2D eigenvalue weighted by Gasteiger charge is -2.32. The van der Waals surface area contributed by atoms with Gasteiger partial charge in [-0.05, 0) is 83.1 Å². The first-order chi connectivity index (χ1) is 30.7. The molecule has 2 heterocycles. The Morgan fingerprint density at radius 1 is 0.532 bits per heavy atom. The van der Waals surface area contributed by atoms with Gasteiger partial charge in [0.1, 0.15) is 0 Å². The summed E-state index contributed by atoms with van der Waals surface area (Å²) in [6, 6.07) is 58.3. The van der Waals surface area contributed by atoms with Crippen molar-refractivity contribution >= 4 is 22.6 Å². The Bertz CT molecular complexity index is 2900. The van der Waals surface area contributed by atoms with E-state index < -0.39 is 0 Å². The van der Waals surface area contributed by atoms with Crippen molar-refractivity contribution in [3.05, 3.63) is 253 Å². The van der Waals surface area contributed by atoms with Crippen molar-refractivity contribution in [2.75, 3.05) is 10.2 Å². The molecule has 0 spiro atoms. The van der Waals surface area contributed by atoms with Crippen molar-refractivity contribution in [1.82, 2.24) is 9.97 Å². The monoisotopic (exact) mass is 798 g/mol. The summed E-state index contributed by atoms with van der Waals surface area (Å²) in [4.78, 5) is 12.8. The van der Waals surface area contributed by atoms with Gasteiger partial charge >= 0.3 is 0 Å². The molecule has 4 nitrogen and oxygen atoms in total. The summed E-state index contributed by atoms with van der Waals surface area (Å²) in [5.74, 6) is 1.59. The number of rotatable bonds is 9. The van der Waals surface area contributed by atoms with Crippen LogP contribution in [0.3, 0.4) is 0 Å². The molecule has 3 aliphatic carbocycles. The molecule has 0 saturated carbocycles. The molecule has 62 heavy (non-hydrogen) atoms. The zero-order chi connectivity index (χ0) is 41.2. The predicted molar refractivity (Wildman–Crippen MR) is 257 cm³/mol. The number of aromatic nitrogens is 2. The second-order valence-corrected chi connectivity index (χ2v) is 16.5. The Hall–Kier alpha value is -7.56. The summed E-state index contributed by atoms with van der Waals surface area (Å²) < 4.78 is 0. The van der Waals surface area contributed by atoms with E-state index in [0.717, 1.165) is 58.0 Å². The zero-order valence-corrected chi connectivity index (χ0v) is 34.4. The van der Waals surface area contributed by atoms with Crippen LogP contribution < -0.4 is 10.2 Å². The molecular formula is C58H46N4. The molecule has 0 bridgehead atoms. The average molecular weight is 799 g/mol. The number of para-hydroxylation sites is 2. The van der Waals surface area contributed by atoms with E-state index in [9.17, 15) is 0 Å². The van der Waals surface area contributed by atoms with Crippen LogP contribution in [0.2, 0.25) is 0 Å². The van der Waals surface area contributed by atoms with Gasteiger partial charge in [0.15, 0.2) is 5.82 Å². The van der Waals surface area contributed by atoms with Gasteiger partial charge in [-0.25, -0.2) is 9.97 Å². The Morgan fingerprint density at radius 3 is 1.97 bits per heavy atom. The van der Waals surface area contributed by atoms with Gasteiger partial charge in [0.25, 0.3) is 0 Å². The maximum Gasteiger partial charge on any atom is 0.160 e. The molecule has 4 heteroatoms. The van der Waals surface area contributed by atoms with E-state index in [1.807, 2.05) is 12.1 Å². The van der Waals surface area contributed by atoms with Crippen LogP contribution in [0.15, 0.2) is 230 Å². The lowest BCUT2D eigenvalue weighted by atomic mass is 9.85. The Morgan fingerprint density at radius 2 is 1.24 bits per heavy atom. The molecule has 0 amide bonds. The fraction of sp³-hybridized carbons (Fsp3) is 0.103. The first-order valence-corrected chi connectivity index (χ1v) is 21.8. The highest BCUT2D eigenvalue weighted by molar-refractivity contribution is 5.83. The third-order valence-corrected chi connectivity index (χ3v) is 12.7. The molecular weight excluding hydrogens is 753 g/mol. The van der Waals surface area contributed by atoms with Crippen molar-refractivity contribution < 1.29 is 0 Å². The fourth-order valence-corrected chi connectivity index (χ4v) is 9.53. The second-order valence-electron chi connectivity index (χ2n) is 16.5. The van der Waals surface area contributed by atoms with Crippen LogP contribution in [0.4, 0.5) is 17.1 Å². The summed E-state index contributed by atoms with van der Waals surface area (Å²) in [6.45, 7) is 0. The van der Waals surface area contributed by atoms with E-state index in [1.165, 1.54) is 39.3 Å². The van der Waals surface area contributed by atoms with Gasteiger partial charge in [0, 0.05) is 57.2 Å². The molecule has 11 rings (SSSR count). The van der Waals surface area contributed by atoms with Gasteiger partial charge in [0.05, 0.1) is 17.4 Å². The summed E-state index contributed by atoms with van der Waals surface area (Å²) >= 11 is 0. The summed E-state index contributed by atoms with van der Waals surface area (Å²) in [5, 5.41) is 3.76. The molecule has 0 saturated heterocycles. The van der Waals surface area contributed by atoms with Crippen LogP contribution in [0.1, 0.15) is 52.8 Å². The highest BCUT2D eigenvalue weighted by Crippen LogP contribution is 2.49. The quantitative estimate of drug-likeness (QED) is 0.158. The van der Waals surface area contributed by atoms with Crippen molar-refractivity contribution in [2.45, 2.75) is 36.6 Å². The zero-order valence-electron chi connectivity index (χ0n) is 34.4. The Labute approximate surface area is 364 Å². The van der Waals surface area contributed by atoms with Crippen LogP contribution in [0, 0.1) is 0 Å². The highest BCUT2D eigenvalue weighted by atomic mass is 15.2. The minimum Gasteiger partial charge on any atom is -0.355 e. The first kappa shape index (κ1) is 37.4. The molecule has 1 N–H and O–H groups in total. The molecule has 4 aliphatic rings. The van der Waals surface area contributed by atoms with Crippen LogP contribution in [0.25, 0.3) is 39.5 Å². The van der Waals surface area contributed by atoms with Crippen LogP contribution in [-0.4, -0.2) is 16.0 Å². The van der Waals surface area contributed by atoms with Crippen LogP contribution in [0.5, 0.6) is 0 Å². The smallest absolute Gasteiger partial charge is 0.160 e. The SMILES string of the molecule is C1=CCC(c2ccc(C3C=CC(N4c5ccccc5C5C=C(c6cccc(-c7nc(-c8ccccc8)cc(-c8ccccc8)n7)c6)C=CC54)=CC3)cc2Nc2ccccc2)C=C1. The second kappa shape index (κ2) is 16.5. The first-order valence-electron chi connectivity index (χ1n) is 21.8. The van der Waals surface area contributed by atoms with Crippen LogP contribution >= 0.6 is 0 Å². The fourth-order valence-electron chi connectivity index (χ4n) is 9.53.